The fourth-order valence-corrected chi connectivity index (χ4v) is 3.77. The van der Waals surface area contributed by atoms with Gasteiger partial charge in [-0.05, 0) is 19.8 Å². The molecule has 0 bridgehead atoms. The summed E-state index contributed by atoms with van der Waals surface area (Å²) < 4.78 is 5.90. The smallest absolute Gasteiger partial charge is 0.159 e. The van der Waals surface area contributed by atoms with Gasteiger partial charge in [0.25, 0.3) is 0 Å². The maximum absolute atomic E-state index is 10.2. The highest BCUT2D eigenvalue weighted by molar-refractivity contribution is 8.14. The van der Waals surface area contributed by atoms with Crippen LogP contribution in [-0.2, 0) is 4.74 Å². The Morgan fingerprint density at radius 3 is 2.75 bits per heavy atom. The first-order valence-corrected chi connectivity index (χ1v) is 8.15. The Morgan fingerprint density at radius 1 is 1.25 bits per heavy atom. The van der Waals surface area contributed by atoms with Crippen molar-refractivity contribution in [3.63, 3.8) is 0 Å². The summed E-state index contributed by atoms with van der Waals surface area (Å²) in [5, 5.41) is 33.0. The summed E-state index contributed by atoms with van der Waals surface area (Å²) in [6.45, 7) is 2.82. The number of aliphatic imine (C=N–C) groups is 1. The van der Waals surface area contributed by atoms with Crippen LogP contribution in [0.25, 0.3) is 0 Å². The van der Waals surface area contributed by atoms with E-state index in [1.165, 1.54) is 11.8 Å². The molecule has 5 unspecified atom stereocenters. The minimum atomic E-state index is -0.876. The van der Waals surface area contributed by atoms with Gasteiger partial charge in [0.05, 0.1) is 12.1 Å². The number of hydrogen-bond acceptors (Lipinski definition) is 6. The lowest BCUT2D eigenvalue weighted by Gasteiger charge is -2.39. The van der Waals surface area contributed by atoms with Crippen LogP contribution < -0.4 is 5.32 Å². The number of unbranched alkanes of at least 4 members (excludes halogenated alkanes) is 2. The van der Waals surface area contributed by atoms with Gasteiger partial charge in [0.1, 0.15) is 17.6 Å². The van der Waals surface area contributed by atoms with Crippen molar-refractivity contribution in [1.29, 1.82) is 0 Å². The van der Waals surface area contributed by atoms with E-state index in [0.717, 1.165) is 24.4 Å². The van der Waals surface area contributed by atoms with Crippen LogP contribution in [-0.4, -0.2) is 63.4 Å². The molecule has 20 heavy (non-hydrogen) atoms. The lowest BCUT2D eigenvalue weighted by Crippen LogP contribution is -2.58. The third-order valence-electron chi connectivity index (χ3n) is 3.67. The van der Waals surface area contributed by atoms with Gasteiger partial charge < -0.3 is 25.4 Å². The monoisotopic (exact) mass is 304 g/mol. The number of aliphatic hydroxyl groups excluding tert-OH is 3. The van der Waals surface area contributed by atoms with Crippen molar-refractivity contribution in [3.05, 3.63) is 0 Å². The molecule has 2 fully saturated rings. The van der Waals surface area contributed by atoms with Crippen LogP contribution in [0.5, 0.6) is 0 Å². The Morgan fingerprint density at radius 2 is 2.05 bits per heavy atom. The first kappa shape index (κ1) is 16.0. The van der Waals surface area contributed by atoms with Crippen LogP contribution in [0, 0.1) is 0 Å². The van der Waals surface area contributed by atoms with E-state index in [9.17, 15) is 10.2 Å². The second-order valence-corrected chi connectivity index (χ2v) is 6.25. The summed E-state index contributed by atoms with van der Waals surface area (Å²) >= 11 is 1.48. The highest BCUT2D eigenvalue weighted by Crippen LogP contribution is 2.35. The standard InChI is InChI=1S/C13H24N2O4S/c1-2-14-13-15-9-11(18)10(17)8(19-12(9)20-13)6-4-3-5-7-16/h8-12,16-18H,2-7H2,1H3,(H,14,15). The first-order valence-electron chi connectivity index (χ1n) is 7.27. The van der Waals surface area contributed by atoms with Crippen molar-refractivity contribution in [3.8, 4) is 0 Å². The molecule has 0 aromatic carbocycles. The van der Waals surface area contributed by atoms with Gasteiger partial charge in [0.2, 0.25) is 0 Å². The summed E-state index contributed by atoms with van der Waals surface area (Å²) in [6, 6.07) is -0.297. The normalized spacial score (nSPS) is 38.8. The van der Waals surface area contributed by atoms with Crippen LogP contribution in [0.3, 0.4) is 0 Å². The maximum atomic E-state index is 10.2. The molecule has 4 N–H and O–H groups in total. The highest BCUT2D eigenvalue weighted by atomic mass is 32.2. The summed E-state index contributed by atoms with van der Waals surface area (Å²) in [6.07, 6.45) is 1.18. The third-order valence-corrected chi connectivity index (χ3v) is 4.77. The van der Waals surface area contributed by atoms with Crippen LogP contribution in [0.4, 0.5) is 0 Å². The molecule has 7 heteroatoms. The number of aliphatic hydroxyl groups is 3. The Balaban J connectivity index is 1.90. The molecule has 0 aromatic heterocycles. The van der Waals surface area contributed by atoms with Gasteiger partial charge in [-0.1, -0.05) is 24.6 Å². The summed E-state index contributed by atoms with van der Waals surface area (Å²) in [5.74, 6) is 0. The van der Waals surface area contributed by atoms with E-state index in [-0.39, 0.29) is 24.2 Å². The van der Waals surface area contributed by atoms with Crippen molar-refractivity contribution in [2.24, 2.45) is 4.99 Å². The van der Waals surface area contributed by atoms with E-state index < -0.39 is 12.2 Å². The predicted octanol–water partition coefficient (Wildman–Crippen LogP) is 0.0667. The van der Waals surface area contributed by atoms with Gasteiger partial charge >= 0.3 is 0 Å². The van der Waals surface area contributed by atoms with Crippen LogP contribution >= 0.6 is 11.8 Å². The molecule has 0 radical (unpaired) electrons. The van der Waals surface area contributed by atoms with E-state index in [2.05, 4.69) is 10.3 Å². The Kier molecular flexibility index (Phi) is 6.10. The van der Waals surface area contributed by atoms with E-state index in [1.54, 1.807) is 0 Å². The lowest BCUT2D eigenvalue weighted by molar-refractivity contribution is -0.158. The fourth-order valence-electron chi connectivity index (χ4n) is 2.57. The molecule has 2 saturated heterocycles. The van der Waals surface area contributed by atoms with Gasteiger partial charge in [-0.25, -0.2) is 0 Å². The van der Waals surface area contributed by atoms with Crippen molar-refractivity contribution in [1.82, 2.24) is 5.32 Å². The minimum absolute atomic E-state index is 0.192. The fraction of sp³-hybridized carbons (Fsp3) is 0.923. The van der Waals surface area contributed by atoms with Gasteiger partial charge in [0.15, 0.2) is 5.17 Å². The number of nitrogens with one attached hydrogen (secondary N) is 1. The number of ether oxygens (including phenoxy) is 1. The molecule has 2 aliphatic heterocycles. The molecule has 2 heterocycles. The number of fused-ring (bicyclic) bond motifs is 1. The molecule has 2 aliphatic rings. The summed E-state index contributed by atoms with van der Waals surface area (Å²) in [5.41, 5.74) is -0.193. The zero-order chi connectivity index (χ0) is 14.5. The molecule has 0 spiro atoms. The number of amidine groups is 1. The van der Waals surface area contributed by atoms with Gasteiger partial charge in [-0.3, -0.25) is 4.99 Å². The van der Waals surface area contributed by atoms with Crippen molar-refractivity contribution in [2.75, 3.05) is 13.2 Å². The van der Waals surface area contributed by atoms with Crippen LogP contribution in [0.2, 0.25) is 0 Å². The van der Waals surface area contributed by atoms with Gasteiger partial charge in [0, 0.05) is 13.2 Å². The SMILES string of the molecule is CCN=C1NC2C(OC(CCCCCO)C(O)C2O)S1. The number of nitrogens with zero attached hydrogens (tertiary/aromatic N) is 1. The molecule has 0 aliphatic carbocycles. The molecule has 0 amide bonds. The Bertz CT molecular complexity index is 342. The van der Waals surface area contributed by atoms with Crippen molar-refractivity contribution in [2.45, 2.75) is 62.4 Å². The zero-order valence-electron chi connectivity index (χ0n) is 11.7. The minimum Gasteiger partial charge on any atom is -0.396 e. The second-order valence-electron chi connectivity index (χ2n) is 5.16. The van der Waals surface area contributed by atoms with E-state index in [1.807, 2.05) is 6.92 Å². The molecular formula is C13H24N2O4S. The Labute approximate surface area is 123 Å². The second kappa shape index (κ2) is 7.61. The molecule has 0 aromatic rings. The largest absolute Gasteiger partial charge is 0.396 e. The van der Waals surface area contributed by atoms with Gasteiger partial charge in [-0.15, -0.1) is 0 Å². The highest BCUT2D eigenvalue weighted by Gasteiger charge is 2.48. The predicted molar refractivity (Wildman–Crippen MR) is 78.7 cm³/mol. The molecule has 0 saturated carbocycles. The first-order chi connectivity index (χ1) is 9.67. The van der Waals surface area contributed by atoms with E-state index in [4.69, 9.17) is 9.84 Å². The van der Waals surface area contributed by atoms with Crippen molar-refractivity contribution < 1.29 is 20.1 Å². The lowest BCUT2D eigenvalue weighted by atomic mass is 9.94. The van der Waals surface area contributed by atoms with Crippen LogP contribution in [0.15, 0.2) is 4.99 Å². The zero-order valence-corrected chi connectivity index (χ0v) is 12.6. The molecular weight excluding hydrogens is 280 g/mol. The Hall–Kier alpha value is -0.340. The topological polar surface area (TPSA) is 94.3 Å². The number of hydrogen-bond donors (Lipinski definition) is 4. The summed E-state index contributed by atoms with van der Waals surface area (Å²) in [4.78, 5) is 4.29. The average Bonchev–Trinajstić information content (AvgIpc) is 2.83. The van der Waals surface area contributed by atoms with Crippen LogP contribution in [0.1, 0.15) is 32.6 Å². The molecule has 6 nitrogen and oxygen atoms in total. The number of rotatable bonds is 6. The van der Waals surface area contributed by atoms with E-state index in [0.29, 0.717) is 13.0 Å². The van der Waals surface area contributed by atoms with Crippen molar-refractivity contribution >= 4 is 16.9 Å². The third kappa shape index (κ3) is 3.65. The molecule has 116 valence electrons. The van der Waals surface area contributed by atoms with Gasteiger partial charge in [-0.2, -0.15) is 0 Å². The summed E-state index contributed by atoms with van der Waals surface area (Å²) in [7, 11) is 0. The average molecular weight is 304 g/mol. The molecule has 5 atom stereocenters. The molecule has 2 rings (SSSR count). The maximum Gasteiger partial charge on any atom is 0.159 e. The van der Waals surface area contributed by atoms with E-state index >= 15 is 0 Å². The number of thioether (sulfide) groups is 1. The quantitative estimate of drug-likeness (QED) is 0.519.